The van der Waals surface area contributed by atoms with E-state index in [-0.39, 0.29) is 18.3 Å². The van der Waals surface area contributed by atoms with Gasteiger partial charge in [-0.1, -0.05) is 32.0 Å². The van der Waals surface area contributed by atoms with Crippen LogP contribution in [0.2, 0.25) is 0 Å². The highest BCUT2D eigenvalue weighted by molar-refractivity contribution is 5.88. The zero-order chi connectivity index (χ0) is 24.7. The summed E-state index contributed by atoms with van der Waals surface area (Å²) in [6, 6.07) is 14.7. The van der Waals surface area contributed by atoms with Gasteiger partial charge < -0.3 is 9.47 Å². The molecule has 2 aromatic carbocycles. The zero-order valence-corrected chi connectivity index (χ0v) is 20.1. The Morgan fingerprint density at radius 3 is 2.71 bits per heavy atom. The van der Waals surface area contributed by atoms with E-state index in [1.807, 2.05) is 22.7 Å². The molecule has 5 rings (SSSR count). The number of imidazole rings is 1. The summed E-state index contributed by atoms with van der Waals surface area (Å²) in [4.78, 5) is 9.26. The highest BCUT2D eigenvalue weighted by atomic mass is 19.1. The van der Waals surface area contributed by atoms with Crippen molar-refractivity contribution in [3.05, 3.63) is 93.7 Å². The van der Waals surface area contributed by atoms with Crippen LogP contribution in [-0.2, 0) is 13.0 Å². The fourth-order valence-corrected chi connectivity index (χ4v) is 4.63. The molecule has 4 aromatic rings. The third kappa shape index (κ3) is 4.01. The Morgan fingerprint density at radius 1 is 1.17 bits per heavy atom. The molecule has 0 unspecified atom stereocenters. The van der Waals surface area contributed by atoms with Crippen molar-refractivity contribution in [1.82, 2.24) is 14.4 Å². The summed E-state index contributed by atoms with van der Waals surface area (Å²) in [7, 11) is 1.59. The summed E-state index contributed by atoms with van der Waals surface area (Å²) < 4.78 is 27.2. The standard InChI is InChI=1S/C28H25FN4O2/c1-16(2)27-23(33-10-9-25(34-4)31-28(33)32-27)12-18-5-7-21-19(11-18)15-35-24-13-20(29)6-8-22(24)26(21)17(3)14-30/h5-11,13,16H,12,15H2,1-4H3/b26-17+. The van der Waals surface area contributed by atoms with Crippen LogP contribution < -0.4 is 9.47 Å². The van der Waals surface area contributed by atoms with Crippen LogP contribution in [-0.4, -0.2) is 21.5 Å². The first kappa shape index (κ1) is 22.6. The Hall–Kier alpha value is -4.18. The molecular weight excluding hydrogens is 443 g/mol. The van der Waals surface area contributed by atoms with Crippen molar-refractivity contribution in [2.75, 3.05) is 7.11 Å². The van der Waals surface area contributed by atoms with Crippen LogP contribution >= 0.6 is 0 Å². The van der Waals surface area contributed by atoms with Crippen LogP contribution in [0.15, 0.2) is 54.2 Å². The number of fused-ring (bicyclic) bond motifs is 3. The lowest BCUT2D eigenvalue weighted by Crippen LogP contribution is -2.03. The first-order valence-corrected chi connectivity index (χ1v) is 11.5. The van der Waals surface area contributed by atoms with Gasteiger partial charge >= 0.3 is 0 Å². The smallest absolute Gasteiger partial charge is 0.237 e. The van der Waals surface area contributed by atoms with Gasteiger partial charge in [0.15, 0.2) is 0 Å². The van der Waals surface area contributed by atoms with Gasteiger partial charge in [-0.05, 0) is 41.7 Å². The zero-order valence-electron chi connectivity index (χ0n) is 20.1. The molecule has 0 saturated carbocycles. The summed E-state index contributed by atoms with van der Waals surface area (Å²) in [6.45, 7) is 6.29. The molecular formula is C28H25FN4O2. The molecule has 0 atom stereocenters. The SMILES string of the molecule is COc1ccn2c(Cc3ccc4c(c3)COc3cc(F)ccc3/C4=C(\C)C#N)c(C(C)C)nc2n1. The third-order valence-corrected chi connectivity index (χ3v) is 6.30. The fourth-order valence-electron chi connectivity index (χ4n) is 4.63. The van der Waals surface area contributed by atoms with Gasteiger partial charge in [-0.15, -0.1) is 0 Å². The van der Waals surface area contributed by atoms with Crippen LogP contribution in [0.25, 0.3) is 11.4 Å². The molecule has 6 nitrogen and oxygen atoms in total. The van der Waals surface area contributed by atoms with Crippen molar-refractivity contribution >= 4 is 11.4 Å². The highest BCUT2D eigenvalue weighted by Crippen LogP contribution is 2.39. The summed E-state index contributed by atoms with van der Waals surface area (Å²) >= 11 is 0. The normalized spacial score (nSPS) is 14.1. The van der Waals surface area contributed by atoms with Crippen molar-refractivity contribution in [3.63, 3.8) is 0 Å². The summed E-state index contributed by atoms with van der Waals surface area (Å²) in [5.74, 6) is 1.42. The van der Waals surface area contributed by atoms with Crippen LogP contribution in [0.4, 0.5) is 4.39 Å². The number of rotatable bonds is 4. The van der Waals surface area contributed by atoms with E-state index < -0.39 is 0 Å². The molecule has 1 aliphatic heterocycles. The number of allylic oxidation sites excluding steroid dienone is 1. The Bertz CT molecular complexity index is 1530. The highest BCUT2D eigenvalue weighted by Gasteiger charge is 2.23. The molecule has 0 N–H and O–H groups in total. The van der Waals surface area contributed by atoms with Gasteiger partial charge in [0.1, 0.15) is 18.2 Å². The van der Waals surface area contributed by atoms with Gasteiger partial charge in [-0.25, -0.2) is 9.37 Å². The van der Waals surface area contributed by atoms with Gasteiger partial charge in [0.25, 0.3) is 0 Å². The Morgan fingerprint density at radius 2 is 1.97 bits per heavy atom. The number of aromatic nitrogens is 3. The first-order valence-electron chi connectivity index (χ1n) is 11.5. The average molecular weight is 469 g/mol. The second-order valence-corrected chi connectivity index (χ2v) is 8.95. The van der Waals surface area contributed by atoms with Gasteiger partial charge in [0.05, 0.1) is 24.6 Å². The number of benzene rings is 2. The van der Waals surface area contributed by atoms with Gasteiger partial charge in [-0.2, -0.15) is 10.2 Å². The Balaban J connectivity index is 1.60. The van der Waals surface area contributed by atoms with Crippen molar-refractivity contribution in [2.24, 2.45) is 0 Å². The quantitative estimate of drug-likeness (QED) is 0.353. The molecule has 0 radical (unpaired) electrons. The average Bonchev–Trinajstić information content (AvgIpc) is 3.13. The fraction of sp³-hybridized carbons (Fsp3) is 0.250. The summed E-state index contributed by atoms with van der Waals surface area (Å²) in [6.07, 6.45) is 2.58. The monoisotopic (exact) mass is 468 g/mol. The molecule has 1 aliphatic rings. The van der Waals surface area contributed by atoms with E-state index in [1.165, 1.54) is 12.1 Å². The number of hydrogen-bond acceptors (Lipinski definition) is 5. The second-order valence-electron chi connectivity index (χ2n) is 8.95. The lowest BCUT2D eigenvalue weighted by atomic mass is 9.89. The van der Waals surface area contributed by atoms with E-state index in [1.54, 1.807) is 20.1 Å². The number of hydrogen-bond donors (Lipinski definition) is 0. The molecule has 7 heteroatoms. The number of ether oxygens (including phenoxy) is 2. The molecule has 0 bridgehead atoms. The van der Waals surface area contributed by atoms with Gasteiger partial charge in [0.2, 0.25) is 11.7 Å². The molecule has 3 heterocycles. The van der Waals surface area contributed by atoms with Crippen LogP contribution in [0.5, 0.6) is 11.6 Å². The van der Waals surface area contributed by atoms with E-state index in [2.05, 4.69) is 37.0 Å². The number of nitriles is 1. The number of halogens is 1. The van der Waals surface area contributed by atoms with Crippen LogP contribution in [0, 0.1) is 17.1 Å². The minimum Gasteiger partial charge on any atom is -0.488 e. The van der Waals surface area contributed by atoms with E-state index >= 15 is 0 Å². The molecule has 0 aliphatic carbocycles. The minimum atomic E-state index is -0.372. The number of nitrogens with zero attached hydrogens (tertiary/aromatic N) is 4. The molecule has 0 fully saturated rings. The van der Waals surface area contributed by atoms with E-state index in [0.717, 1.165) is 39.2 Å². The summed E-state index contributed by atoms with van der Waals surface area (Å²) in [5.41, 5.74) is 7.06. The Labute approximate surface area is 203 Å². The van der Waals surface area contributed by atoms with Gasteiger partial charge in [0, 0.05) is 41.5 Å². The molecule has 0 spiro atoms. The van der Waals surface area contributed by atoms with Crippen LogP contribution in [0.1, 0.15) is 60.3 Å². The van der Waals surface area contributed by atoms with E-state index in [9.17, 15) is 9.65 Å². The third-order valence-electron chi connectivity index (χ3n) is 6.30. The van der Waals surface area contributed by atoms with Crippen LogP contribution in [0.3, 0.4) is 0 Å². The summed E-state index contributed by atoms with van der Waals surface area (Å²) in [5, 5.41) is 9.68. The maximum atomic E-state index is 13.9. The van der Waals surface area contributed by atoms with Crippen molar-refractivity contribution in [3.8, 4) is 17.7 Å². The second kappa shape index (κ2) is 8.88. The predicted octanol–water partition coefficient (Wildman–Crippen LogP) is 5.83. The number of methoxy groups -OCH3 is 1. The molecule has 0 amide bonds. The lowest BCUT2D eigenvalue weighted by Gasteiger charge is -2.13. The van der Waals surface area contributed by atoms with E-state index in [4.69, 9.17) is 14.5 Å². The molecule has 2 aromatic heterocycles. The predicted molar refractivity (Wildman–Crippen MR) is 131 cm³/mol. The van der Waals surface area contributed by atoms with Crippen molar-refractivity contribution in [2.45, 2.75) is 39.7 Å². The molecule has 0 saturated heterocycles. The minimum absolute atomic E-state index is 0.221. The van der Waals surface area contributed by atoms with Crippen molar-refractivity contribution in [1.29, 1.82) is 5.26 Å². The molecule has 35 heavy (non-hydrogen) atoms. The first-order chi connectivity index (χ1) is 16.9. The molecule has 176 valence electrons. The maximum absolute atomic E-state index is 13.9. The van der Waals surface area contributed by atoms with Crippen molar-refractivity contribution < 1.29 is 13.9 Å². The lowest BCUT2D eigenvalue weighted by molar-refractivity contribution is 0.305. The van der Waals surface area contributed by atoms with E-state index in [0.29, 0.717) is 29.4 Å². The largest absolute Gasteiger partial charge is 0.488 e. The topological polar surface area (TPSA) is 72.4 Å². The maximum Gasteiger partial charge on any atom is 0.237 e. The van der Waals surface area contributed by atoms with Gasteiger partial charge in [-0.3, -0.25) is 4.40 Å². The Kier molecular flexibility index (Phi) is 5.73.